The molecule has 156 valence electrons. The van der Waals surface area contributed by atoms with Crippen molar-refractivity contribution in [3.8, 4) is 0 Å². The molecule has 1 N–H and O–H groups in total. The summed E-state index contributed by atoms with van der Waals surface area (Å²) in [5.74, 6) is -0.115. The molecule has 5 rings (SSSR count). The molecule has 0 aromatic heterocycles. The number of methoxy groups -OCH3 is 1. The maximum Gasteiger partial charge on any atom is 0.201 e. The number of carbonyl (C=O) groups is 1. The smallest absolute Gasteiger partial charge is 0.201 e. The van der Waals surface area contributed by atoms with Gasteiger partial charge in [0, 0.05) is 47.8 Å². The molecular formula is C26H24N2O3. The van der Waals surface area contributed by atoms with Crippen LogP contribution in [0.25, 0.3) is 5.57 Å². The summed E-state index contributed by atoms with van der Waals surface area (Å²) in [7, 11) is 1.68. The van der Waals surface area contributed by atoms with E-state index in [0.717, 1.165) is 22.6 Å². The molecule has 2 heterocycles. The van der Waals surface area contributed by atoms with Crippen LogP contribution in [0.2, 0.25) is 0 Å². The summed E-state index contributed by atoms with van der Waals surface area (Å²) in [5, 5.41) is 10.9. The number of aliphatic hydroxyl groups excluding tert-OH is 1. The molecule has 0 unspecified atom stereocenters. The van der Waals surface area contributed by atoms with Gasteiger partial charge in [0.25, 0.3) is 0 Å². The Hall–Kier alpha value is -3.44. The second kappa shape index (κ2) is 7.06. The van der Waals surface area contributed by atoms with E-state index in [0.29, 0.717) is 29.9 Å². The number of nitrogens with zero attached hydrogens (tertiary/aromatic N) is 2. The topological polar surface area (TPSA) is 62.1 Å². The van der Waals surface area contributed by atoms with E-state index in [2.05, 4.69) is 35.9 Å². The lowest BCUT2D eigenvalue weighted by Gasteiger charge is -2.29. The fourth-order valence-electron chi connectivity index (χ4n) is 4.68. The third-order valence-corrected chi connectivity index (χ3v) is 6.36. The van der Waals surface area contributed by atoms with Crippen LogP contribution >= 0.6 is 0 Å². The quantitative estimate of drug-likeness (QED) is 0.727. The van der Waals surface area contributed by atoms with Crippen LogP contribution in [0.1, 0.15) is 25.0 Å². The number of hydrogen-bond acceptors (Lipinski definition) is 5. The van der Waals surface area contributed by atoms with Crippen LogP contribution in [-0.4, -0.2) is 37.4 Å². The molecule has 5 nitrogen and oxygen atoms in total. The average molecular weight is 412 g/mol. The van der Waals surface area contributed by atoms with Gasteiger partial charge < -0.3 is 14.7 Å². The fraction of sp³-hybridized carbons (Fsp3) is 0.231. The second-order valence-corrected chi connectivity index (χ2v) is 8.47. The Labute approximate surface area is 181 Å². The third kappa shape index (κ3) is 2.81. The maximum absolute atomic E-state index is 13.1. The lowest BCUT2D eigenvalue weighted by Crippen LogP contribution is -2.31. The summed E-state index contributed by atoms with van der Waals surface area (Å²) in [6.07, 6.45) is 3.51. The molecule has 3 aliphatic rings. The molecule has 0 atom stereocenters. The molecule has 1 aliphatic carbocycles. The van der Waals surface area contributed by atoms with Gasteiger partial charge in [-0.3, -0.25) is 9.79 Å². The van der Waals surface area contributed by atoms with Crippen LogP contribution in [0.3, 0.4) is 0 Å². The average Bonchev–Trinajstić information content (AvgIpc) is 3.28. The molecular weight excluding hydrogens is 388 g/mol. The van der Waals surface area contributed by atoms with Gasteiger partial charge in [0.1, 0.15) is 5.76 Å². The van der Waals surface area contributed by atoms with Crippen molar-refractivity contribution in [3.63, 3.8) is 0 Å². The number of para-hydroxylation sites is 2. The Morgan fingerprint density at radius 2 is 1.87 bits per heavy atom. The van der Waals surface area contributed by atoms with Gasteiger partial charge in [0.05, 0.1) is 23.4 Å². The number of allylic oxidation sites excluding steroid dienone is 5. The Morgan fingerprint density at radius 1 is 1.13 bits per heavy atom. The van der Waals surface area contributed by atoms with E-state index >= 15 is 0 Å². The van der Waals surface area contributed by atoms with Gasteiger partial charge in [-0.25, -0.2) is 0 Å². The Kier molecular flexibility index (Phi) is 4.45. The van der Waals surface area contributed by atoms with Gasteiger partial charge in [0.15, 0.2) is 0 Å². The zero-order valence-electron chi connectivity index (χ0n) is 17.8. The van der Waals surface area contributed by atoms with Crippen molar-refractivity contribution < 1.29 is 14.6 Å². The molecule has 31 heavy (non-hydrogen) atoms. The molecule has 2 aliphatic heterocycles. The van der Waals surface area contributed by atoms with Crippen molar-refractivity contribution in [2.45, 2.75) is 19.3 Å². The number of benzene rings is 2. The SMILES string of the molecule is COCCN1/C(=C\C2=C(O)C(=C3/C=Nc4ccccc43)/C2=O)C(C)(C)c2ccccc21. The van der Waals surface area contributed by atoms with E-state index in [1.165, 1.54) is 5.56 Å². The minimum Gasteiger partial charge on any atom is -0.506 e. The first-order valence-corrected chi connectivity index (χ1v) is 10.4. The van der Waals surface area contributed by atoms with E-state index in [4.69, 9.17) is 4.74 Å². The van der Waals surface area contributed by atoms with Gasteiger partial charge in [-0.1, -0.05) is 50.2 Å². The molecule has 0 saturated heterocycles. The zero-order valence-corrected chi connectivity index (χ0v) is 17.8. The first-order valence-electron chi connectivity index (χ1n) is 10.4. The summed E-state index contributed by atoms with van der Waals surface area (Å²) in [6, 6.07) is 15.9. The number of carbonyl (C=O) groups excluding carboxylic acids is 1. The minimum atomic E-state index is -0.303. The van der Waals surface area contributed by atoms with Crippen LogP contribution < -0.4 is 4.90 Å². The van der Waals surface area contributed by atoms with E-state index in [9.17, 15) is 9.90 Å². The van der Waals surface area contributed by atoms with Gasteiger partial charge in [-0.2, -0.15) is 0 Å². The van der Waals surface area contributed by atoms with Crippen LogP contribution in [0.15, 0.2) is 82.2 Å². The van der Waals surface area contributed by atoms with E-state index in [1.54, 1.807) is 13.3 Å². The van der Waals surface area contributed by atoms with Crippen LogP contribution in [0, 0.1) is 0 Å². The van der Waals surface area contributed by atoms with Gasteiger partial charge in [0.2, 0.25) is 5.78 Å². The van der Waals surface area contributed by atoms with Gasteiger partial charge in [-0.15, -0.1) is 0 Å². The first-order chi connectivity index (χ1) is 14.9. The molecule has 2 aromatic rings. The number of hydrogen-bond donors (Lipinski definition) is 1. The monoisotopic (exact) mass is 412 g/mol. The number of Topliss-reactive ketones (excluding diaryl/α,β-unsaturated/α-hetero) is 1. The minimum absolute atomic E-state index is 0.0362. The molecule has 0 spiro atoms. The highest BCUT2D eigenvalue weighted by atomic mass is 16.5. The molecule has 0 radical (unpaired) electrons. The van der Waals surface area contributed by atoms with Gasteiger partial charge >= 0.3 is 0 Å². The molecule has 0 bridgehead atoms. The van der Waals surface area contributed by atoms with Crippen molar-refractivity contribution in [2.24, 2.45) is 4.99 Å². The van der Waals surface area contributed by atoms with E-state index in [-0.39, 0.29) is 17.0 Å². The van der Waals surface area contributed by atoms with E-state index < -0.39 is 0 Å². The number of ketones is 1. The zero-order chi connectivity index (χ0) is 21.8. The molecule has 2 aromatic carbocycles. The lowest BCUT2D eigenvalue weighted by atomic mass is 9.79. The molecule has 5 heteroatoms. The Morgan fingerprint density at radius 3 is 2.65 bits per heavy atom. The predicted octanol–water partition coefficient (Wildman–Crippen LogP) is 4.88. The highest BCUT2D eigenvalue weighted by Crippen LogP contribution is 2.49. The summed E-state index contributed by atoms with van der Waals surface area (Å²) in [4.78, 5) is 19.7. The summed E-state index contributed by atoms with van der Waals surface area (Å²) in [6.45, 7) is 5.51. The number of fused-ring (bicyclic) bond motifs is 2. The highest BCUT2D eigenvalue weighted by Gasteiger charge is 2.43. The Balaban J connectivity index is 1.60. The largest absolute Gasteiger partial charge is 0.506 e. The van der Waals surface area contributed by atoms with E-state index in [1.807, 2.05) is 42.5 Å². The normalized spacial score (nSPS) is 22.2. The number of aliphatic imine (C=N–C) groups is 1. The summed E-state index contributed by atoms with van der Waals surface area (Å²) in [5.41, 5.74) is 6.04. The van der Waals surface area contributed by atoms with Gasteiger partial charge in [-0.05, 0) is 23.8 Å². The summed E-state index contributed by atoms with van der Waals surface area (Å²) >= 11 is 0. The number of ether oxygens (including phenoxy) is 1. The molecule has 0 amide bonds. The molecule has 0 saturated carbocycles. The predicted molar refractivity (Wildman–Crippen MR) is 123 cm³/mol. The maximum atomic E-state index is 13.1. The lowest BCUT2D eigenvalue weighted by molar-refractivity contribution is -0.113. The van der Waals surface area contributed by atoms with Crippen LogP contribution in [0.4, 0.5) is 11.4 Å². The van der Waals surface area contributed by atoms with Crippen LogP contribution in [-0.2, 0) is 14.9 Å². The Bertz CT molecular complexity index is 1230. The van der Waals surface area contributed by atoms with Crippen molar-refractivity contribution >= 4 is 28.9 Å². The highest BCUT2D eigenvalue weighted by molar-refractivity contribution is 6.33. The number of rotatable bonds is 4. The van der Waals surface area contributed by atoms with Crippen molar-refractivity contribution in [1.82, 2.24) is 0 Å². The van der Waals surface area contributed by atoms with Crippen molar-refractivity contribution in [3.05, 3.63) is 88.3 Å². The number of aliphatic hydroxyl groups is 1. The second-order valence-electron chi connectivity index (χ2n) is 8.47. The third-order valence-electron chi connectivity index (χ3n) is 6.36. The standard InChI is InChI=1S/C26H24N2O3/c1-26(2)19-9-5-7-11-21(19)28(12-13-31-3)22(26)14-17-24(29)23(25(17)30)18-15-27-20-10-6-4-8-16(18)20/h4-11,14-15,29H,12-13H2,1-3H3/b22-14-,23-18+. The number of anilines is 1. The molecule has 0 fully saturated rings. The van der Waals surface area contributed by atoms with Crippen molar-refractivity contribution in [1.29, 1.82) is 0 Å². The first kappa shape index (κ1) is 19.5. The van der Waals surface area contributed by atoms with Crippen molar-refractivity contribution in [2.75, 3.05) is 25.2 Å². The summed E-state index contributed by atoms with van der Waals surface area (Å²) < 4.78 is 5.32. The van der Waals surface area contributed by atoms with Crippen LogP contribution in [0.5, 0.6) is 0 Å². The fourth-order valence-corrected chi connectivity index (χ4v) is 4.68.